The van der Waals surface area contributed by atoms with Crippen LogP contribution in [-0.4, -0.2) is 44.9 Å². The van der Waals surface area contributed by atoms with E-state index < -0.39 is 0 Å². The number of nitrogens with two attached hydrogens (primary N) is 1. The lowest BCUT2D eigenvalue weighted by atomic mass is 10.2. The van der Waals surface area contributed by atoms with Crippen LogP contribution in [0.3, 0.4) is 0 Å². The lowest BCUT2D eigenvalue weighted by Gasteiger charge is -2.26. The maximum Gasteiger partial charge on any atom is 0.140 e. The molecule has 0 radical (unpaired) electrons. The average molecular weight is 239 g/mol. The number of rotatable bonds is 7. The van der Waals surface area contributed by atoms with Crippen LogP contribution >= 0.6 is 0 Å². The fourth-order valence-corrected chi connectivity index (χ4v) is 1.60. The van der Waals surface area contributed by atoms with E-state index in [1.807, 2.05) is 16.9 Å². The summed E-state index contributed by atoms with van der Waals surface area (Å²) in [4.78, 5) is 2.28. The fraction of sp³-hybridized carbons (Fsp3) is 0.636. The van der Waals surface area contributed by atoms with Crippen LogP contribution in [0.1, 0.15) is 20.3 Å². The minimum atomic E-state index is 0.273. The van der Waals surface area contributed by atoms with Gasteiger partial charge in [0.1, 0.15) is 5.84 Å². The maximum absolute atomic E-state index is 8.50. The van der Waals surface area contributed by atoms with E-state index in [4.69, 9.17) is 10.9 Å². The first-order valence-corrected chi connectivity index (χ1v) is 5.81. The lowest BCUT2D eigenvalue weighted by molar-refractivity contribution is 0.215. The van der Waals surface area contributed by atoms with Gasteiger partial charge in [0.25, 0.3) is 0 Å². The highest BCUT2D eigenvalue weighted by Crippen LogP contribution is 2.00. The third-order valence-corrected chi connectivity index (χ3v) is 2.69. The summed E-state index contributed by atoms with van der Waals surface area (Å²) in [5.41, 5.74) is 5.47. The summed E-state index contributed by atoms with van der Waals surface area (Å²) < 4.78 is 1.90. The molecule has 0 aliphatic heterocycles. The van der Waals surface area contributed by atoms with Gasteiger partial charge in [-0.2, -0.15) is 5.10 Å². The average Bonchev–Trinajstić information content (AvgIpc) is 2.81. The van der Waals surface area contributed by atoms with Gasteiger partial charge in [-0.1, -0.05) is 5.16 Å². The zero-order valence-electron chi connectivity index (χ0n) is 10.5. The first kappa shape index (κ1) is 13.5. The minimum absolute atomic E-state index is 0.273. The quantitative estimate of drug-likeness (QED) is 0.318. The van der Waals surface area contributed by atoms with Crippen molar-refractivity contribution in [3.05, 3.63) is 18.5 Å². The van der Waals surface area contributed by atoms with Gasteiger partial charge in [-0.3, -0.25) is 9.58 Å². The molecule has 6 heteroatoms. The normalized spacial score (nSPS) is 12.6. The summed E-state index contributed by atoms with van der Waals surface area (Å²) in [6, 6.07) is 2.34. The molecule has 96 valence electrons. The van der Waals surface area contributed by atoms with Gasteiger partial charge in [0, 0.05) is 37.9 Å². The van der Waals surface area contributed by atoms with Crippen molar-refractivity contribution in [3.8, 4) is 0 Å². The molecule has 0 unspecified atom stereocenters. The summed E-state index contributed by atoms with van der Waals surface area (Å²) in [5.74, 6) is 0.273. The summed E-state index contributed by atoms with van der Waals surface area (Å²) in [7, 11) is 0. The van der Waals surface area contributed by atoms with E-state index in [9.17, 15) is 0 Å². The first-order valence-electron chi connectivity index (χ1n) is 5.81. The van der Waals surface area contributed by atoms with Gasteiger partial charge in [0.05, 0.1) is 6.54 Å². The number of hydrogen-bond acceptors (Lipinski definition) is 4. The molecule has 0 saturated carbocycles. The van der Waals surface area contributed by atoms with Gasteiger partial charge in [-0.15, -0.1) is 0 Å². The molecule has 0 aliphatic carbocycles. The Morgan fingerprint density at radius 3 is 2.82 bits per heavy atom. The molecule has 17 heavy (non-hydrogen) atoms. The van der Waals surface area contributed by atoms with Crippen molar-refractivity contribution in [2.24, 2.45) is 10.9 Å². The number of aromatic nitrogens is 2. The van der Waals surface area contributed by atoms with Crippen LogP contribution in [0.2, 0.25) is 0 Å². The van der Waals surface area contributed by atoms with Crippen molar-refractivity contribution >= 4 is 5.84 Å². The monoisotopic (exact) mass is 239 g/mol. The third-order valence-electron chi connectivity index (χ3n) is 2.69. The van der Waals surface area contributed by atoms with Crippen molar-refractivity contribution in [1.82, 2.24) is 14.7 Å². The summed E-state index contributed by atoms with van der Waals surface area (Å²) in [5, 5.41) is 15.6. The topological polar surface area (TPSA) is 79.7 Å². The van der Waals surface area contributed by atoms with Crippen molar-refractivity contribution in [1.29, 1.82) is 0 Å². The van der Waals surface area contributed by atoms with E-state index in [-0.39, 0.29) is 5.84 Å². The SMILES string of the molecule is CC(C)N(CC/C(N)=N/O)CCn1cccn1. The molecule has 0 amide bonds. The maximum atomic E-state index is 8.50. The molecular weight excluding hydrogens is 218 g/mol. The standard InChI is InChI=1S/C11H21N5O/c1-10(2)15(7-4-11(12)14-17)8-9-16-6-3-5-13-16/h3,5-6,10,17H,4,7-9H2,1-2H3,(H2,12,14). The molecule has 1 rings (SSSR count). The van der Waals surface area contributed by atoms with Gasteiger partial charge in [-0.05, 0) is 19.9 Å². The van der Waals surface area contributed by atoms with E-state index in [2.05, 4.69) is 29.0 Å². The Hall–Kier alpha value is -1.56. The summed E-state index contributed by atoms with van der Waals surface area (Å²) >= 11 is 0. The largest absolute Gasteiger partial charge is 0.409 e. The second-order valence-electron chi connectivity index (χ2n) is 4.24. The molecule has 0 fully saturated rings. The second kappa shape index (κ2) is 6.90. The molecule has 0 aliphatic rings. The van der Waals surface area contributed by atoms with E-state index in [1.165, 1.54) is 0 Å². The molecule has 6 nitrogen and oxygen atoms in total. The lowest BCUT2D eigenvalue weighted by Crippen LogP contribution is -2.36. The minimum Gasteiger partial charge on any atom is -0.409 e. The Morgan fingerprint density at radius 1 is 1.53 bits per heavy atom. The van der Waals surface area contributed by atoms with Crippen LogP contribution < -0.4 is 5.73 Å². The Bertz CT molecular complexity index is 334. The van der Waals surface area contributed by atoms with Crippen LogP contribution in [0.4, 0.5) is 0 Å². The van der Waals surface area contributed by atoms with Crippen molar-refractivity contribution in [3.63, 3.8) is 0 Å². The van der Waals surface area contributed by atoms with E-state index in [1.54, 1.807) is 6.20 Å². The molecule has 0 atom stereocenters. The molecule has 0 saturated heterocycles. The number of nitrogens with zero attached hydrogens (tertiary/aromatic N) is 4. The van der Waals surface area contributed by atoms with Gasteiger partial charge < -0.3 is 10.9 Å². The summed E-state index contributed by atoms with van der Waals surface area (Å²) in [6.45, 7) is 6.80. The second-order valence-corrected chi connectivity index (χ2v) is 4.24. The van der Waals surface area contributed by atoms with Gasteiger partial charge >= 0.3 is 0 Å². The highest BCUT2D eigenvalue weighted by Gasteiger charge is 2.10. The number of amidine groups is 1. The van der Waals surface area contributed by atoms with Crippen LogP contribution in [0.15, 0.2) is 23.6 Å². The zero-order valence-corrected chi connectivity index (χ0v) is 10.5. The first-order chi connectivity index (χ1) is 8.13. The van der Waals surface area contributed by atoms with Crippen LogP contribution in [0.5, 0.6) is 0 Å². The van der Waals surface area contributed by atoms with E-state index in [0.29, 0.717) is 12.5 Å². The van der Waals surface area contributed by atoms with Crippen molar-refractivity contribution < 1.29 is 5.21 Å². The smallest absolute Gasteiger partial charge is 0.140 e. The predicted octanol–water partition coefficient (Wildman–Crippen LogP) is 0.730. The van der Waals surface area contributed by atoms with Gasteiger partial charge in [0.2, 0.25) is 0 Å². The highest BCUT2D eigenvalue weighted by atomic mass is 16.4. The Morgan fingerprint density at radius 2 is 2.29 bits per heavy atom. The molecule has 1 aromatic rings. The van der Waals surface area contributed by atoms with Crippen LogP contribution in [0.25, 0.3) is 0 Å². The van der Waals surface area contributed by atoms with Crippen LogP contribution in [-0.2, 0) is 6.54 Å². The fourth-order valence-electron chi connectivity index (χ4n) is 1.60. The zero-order chi connectivity index (χ0) is 12.7. The molecule has 0 aromatic carbocycles. The predicted molar refractivity (Wildman–Crippen MR) is 67.0 cm³/mol. The number of oxime groups is 1. The molecule has 1 heterocycles. The summed E-state index contributed by atoms with van der Waals surface area (Å²) in [6.07, 6.45) is 4.30. The number of hydrogen-bond donors (Lipinski definition) is 2. The van der Waals surface area contributed by atoms with Crippen molar-refractivity contribution in [2.75, 3.05) is 13.1 Å². The molecule has 1 aromatic heterocycles. The third kappa shape index (κ3) is 4.86. The van der Waals surface area contributed by atoms with E-state index in [0.717, 1.165) is 19.6 Å². The Kier molecular flexibility index (Phi) is 5.48. The molecular formula is C11H21N5O. The van der Waals surface area contributed by atoms with Crippen LogP contribution in [0, 0.1) is 0 Å². The Balaban J connectivity index is 2.38. The molecule has 3 N–H and O–H groups in total. The van der Waals surface area contributed by atoms with Gasteiger partial charge in [-0.25, -0.2) is 0 Å². The van der Waals surface area contributed by atoms with E-state index >= 15 is 0 Å². The molecule has 0 bridgehead atoms. The molecule has 0 spiro atoms. The van der Waals surface area contributed by atoms with Gasteiger partial charge in [0.15, 0.2) is 0 Å². The Labute approximate surface area is 102 Å². The van der Waals surface area contributed by atoms with Crippen molar-refractivity contribution in [2.45, 2.75) is 32.9 Å². The highest BCUT2D eigenvalue weighted by molar-refractivity contribution is 5.79.